The number of aromatic nitrogens is 1. The number of fused-ring (bicyclic) bond motifs is 2. The summed E-state index contributed by atoms with van der Waals surface area (Å²) >= 11 is 0. The van der Waals surface area contributed by atoms with Crippen molar-refractivity contribution in [3.8, 4) is 0 Å². The molecule has 0 spiro atoms. The molecule has 0 fully saturated rings. The fourth-order valence-corrected chi connectivity index (χ4v) is 4.38. The topological polar surface area (TPSA) is 63.5 Å². The van der Waals surface area contributed by atoms with Crippen LogP contribution in [0.25, 0.3) is 10.9 Å². The molecule has 2 heterocycles. The van der Waals surface area contributed by atoms with Crippen molar-refractivity contribution in [2.75, 3.05) is 5.32 Å². The Balaban J connectivity index is 0.000000970. The van der Waals surface area contributed by atoms with Gasteiger partial charge in [0.1, 0.15) is 4.90 Å². The van der Waals surface area contributed by atoms with Crippen LogP contribution < -0.4 is 5.32 Å². The molecule has 1 aliphatic heterocycles. The lowest BCUT2D eigenvalue weighted by Crippen LogP contribution is -2.22. The van der Waals surface area contributed by atoms with Gasteiger partial charge in [-0.3, -0.25) is 0 Å². The summed E-state index contributed by atoms with van der Waals surface area (Å²) < 4.78 is 31.4. The van der Waals surface area contributed by atoms with Gasteiger partial charge in [-0.2, -0.15) is 8.42 Å². The number of hydrogen-bond acceptors (Lipinski definition) is 3. The molecule has 150 valence electrons. The van der Waals surface area contributed by atoms with Gasteiger partial charge in [0.05, 0.1) is 5.69 Å². The molecule has 1 aromatic heterocycles. The van der Waals surface area contributed by atoms with Gasteiger partial charge in [-0.25, -0.2) is 0 Å². The number of aryl methyl sites for hydroxylation is 1. The quantitative estimate of drug-likeness (QED) is 0.628. The lowest BCUT2D eigenvalue weighted by atomic mass is 10.1. The SMILES string of the molecule is CC.CC(C)CCn1cc(C2=NS(=O)(=O)c3ccccc3N2)c2ccccc21.[HH]. The summed E-state index contributed by atoms with van der Waals surface area (Å²) in [7, 11) is -3.71. The largest absolute Gasteiger partial charge is 0.347 e. The Hall–Kier alpha value is -2.60. The molecule has 0 unspecified atom stereocenters. The summed E-state index contributed by atoms with van der Waals surface area (Å²) in [6.07, 6.45) is 3.06. The zero-order chi connectivity index (χ0) is 20.3. The van der Waals surface area contributed by atoms with Crippen molar-refractivity contribution in [2.45, 2.75) is 45.6 Å². The minimum atomic E-state index is -3.71. The van der Waals surface area contributed by atoms with Gasteiger partial charge in [-0.15, -0.1) is 4.40 Å². The van der Waals surface area contributed by atoms with Gasteiger partial charge in [0, 0.05) is 30.6 Å². The molecule has 0 saturated heterocycles. The number of para-hydroxylation sites is 2. The van der Waals surface area contributed by atoms with Gasteiger partial charge in [0.15, 0.2) is 5.84 Å². The predicted octanol–water partition coefficient (Wildman–Crippen LogP) is 5.52. The first-order valence-corrected chi connectivity index (χ1v) is 11.2. The van der Waals surface area contributed by atoms with Gasteiger partial charge in [0.25, 0.3) is 10.0 Å². The van der Waals surface area contributed by atoms with Crippen molar-refractivity contribution in [3.63, 3.8) is 0 Å². The number of anilines is 1. The van der Waals surface area contributed by atoms with E-state index in [1.54, 1.807) is 18.2 Å². The van der Waals surface area contributed by atoms with Gasteiger partial charge in [0.2, 0.25) is 0 Å². The summed E-state index contributed by atoms with van der Waals surface area (Å²) in [6.45, 7) is 9.28. The summed E-state index contributed by atoms with van der Waals surface area (Å²) in [6, 6.07) is 14.9. The first-order valence-electron chi connectivity index (χ1n) is 9.75. The van der Waals surface area contributed by atoms with Crippen LogP contribution in [0.5, 0.6) is 0 Å². The van der Waals surface area contributed by atoms with Gasteiger partial charge < -0.3 is 9.88 Å². The van der Waals surface area contributed by atoms with Crippen molar-refractivity contribution >= 4 is 32.4 Å². The number of nitrogens with one attached hydrogen (secondary N) is 1. The van der Waals surface area contributed by atoms with Gasteiger partial charge in [-0.1, -0.05) is 58.0 Å². The Morgan fingerprint density at radius 1 is 1.07 bits per heavy atom. The molecule has 0 bridgehead atoms. The van der Waals surface area contributed by atoms with E-state index in [9.17, 15) is 8.42 Å². The highest BCUT2D eigenvalue weighted by Gasteiger charge is 2.26. The predicted molar refractivity (Wildman–Crippen MR) is 119 cm³/mol. The third kappa shape index (κ3) is 3.83. The maximum Gasteiger partial charge on any atom is 0.286 e. The normalized spacial score (nSPS) is 14.7. The van der Waals surface area contributed by atoms with Crippen molar-refractivity contribution in [3.05, 3.63) is 60.3 Å². The zero-order valence-electron chi connectivity index (χ0n) is 16.8. The fraction of sp³-hybridized carbons (Fsp3) is 0.318. The van der Waals surface area contributed by atoms with E-state index >= 15 is 0 Å². The van der Waals surface area contributed by atoms with E-state index in [-0.39, 0.29) is 6.32 Å². The van der Waals surface area contributed by atoms with E-state index < -0.39 is 10.0 Å². The Bertz CT molecular complexity index is 1120. The zero-order valence-corrected chi connectivity index (χ0v) is 17.6. The monoisotopic (exact) mass is 399 g/mol. The minimum absolute atomic E-state index is 0. The molecular weight excluding hydrogens is 370 g/mol. The number of amidine groups is 1. The Labute approximate surface area is 168 Å². The molecule has 28 heavy (non-hydrogen) atoms. The standard InChI is InChI=1S/C20H21N3O2S.C2H6.H2/c1-14(2)11-12-23-13-16(15-7-3-5-9-18(15)23)20-21-17-8-4-6-10-19(17)26(24,25)22-20;1-2;/h3-10,13-14H,11-12H2,1-2H3,(H,21,22);1-2H3;1H. The van der Waals surface area contributed by atoms with Crippen LogP contribution in [-0.2, 0) is 16.6 Å². The molecule has 1 aliphatic rings. The van der Waals surface area contributed by atoms with E-state index in [1.165, 1.54) is 0 Å². The summed E-state index contributed by atoms with van der Waals surface area (Å²) in [5, 5.41) is 4.19. The summed E-state index contributed by atoms with van der Waals surface area (Å²) in [4.78, 5) is 0.215. The van der Waals surface area contributed by atoms with Crippen LogP contribution >= 0.6 is 0 Å². The van der Waals surface area contributed by atoms with Crippen molar-refractivity contribution in [1.82, 2.24) is 4.57 Å². The lowest BCUT2D eigenvalue weighted by Gasteiger charge is -2.17. The van der Waals surface area contributed by atoms with Crippen LogP contribution in [0.2, 0.25) is 0 Å². The average molecular weight is 400 g/mol. The third-order valence-electron chi connectivity index (χ3n) is 4.62. The molecule has 6 heteroatoms. The number of rotatable bonds is 4. The highest BCUT2D eigenvalue weighted by Crippen LogP contribution is 2.31. The van der Waals surface area contributed by atoms with E-state index in [4.69, 9.17) is 0 Å². The van der Waals surface area contributed by atoms with E-state index in [0.717, 1.165) is 29.4 Å². The molecule has 5 nitrogen and oxygen atoms in total. The van der Waals surface area contributed by atoms with Gasteiger partial charge in [-0.05, 0) is 30.5 Å². The van der Waals surface area contributed by atoms with Crippen LogP contribution in [0.3, 0.4) is 0 Å². The van der Waals surface area contributed by atoms with Gasteiger partial charge >= 0.3 is 0 Å². The van der Waals surface area contributed by atoms with Crippen molar-refractivity contribution in [1.29, 1.82) is 0 Å². The Morgan fingerprint density at radius 2 is 1.75 bits per heavy atom. The highest BCUT2D eigenvalue weighted by molar-refractivity contribution is 7.90. The lowest BCUT2D eigenvalue weighted by molar-refractivity contribution is 0.524. The molecule has 2 aromatic carbocycles. The average Bonchev–Trinajstić information content (AvgIpc) is 3.06. The van der Waals surface area contributed by atoms with E-state index in [1.807, 2.05) is 44.3 Å². The molecule has 0 atom stereocenters. The molecule has 4 rings (SSSR count). The second kappa shape index (κ2) is 8.19. The van der Waals surface area contributed by atoms with E-state index in [0.29, 0.717) is 17.4 Å². The van der Waals surface area contributed by atoms with Crippen LogP contribution in [0.1, 0.15) is 41.1 Å². The van der Waals surface area contributed by atoms with Crippen LogP contribution in [0, 0.1) is 5.92 Å². The summed E-state index contributed by atoms with van der Waals surface area (Å²) in [5.74, 6) is 0.972. The molecule has 1 N–H and O–H groups in total. The molecule has 0 radical (unpaired) electrons. The Kier molecular flexibility index (Phi) is 5.89. The minimum Gasteiger partial charge on any atom is -0.347 e. The van der Waals surface area contributed by atoms with Crippen molar-refractivity contribution in [2.24, 2.45) is 10.3 Å². The Morgan fingerprint density at radius 3 is 2.50 bits per heavy atom. The van der Waals surface area contributed by atoms with E-state index in [2.05, 4.69) is 34.2 Å². The molecule has 3 aromatic rings. The first-order chi connectivity index (χ1) is 13.5. The second-order valence-corrected chi connectivity index (χ2v) is 8.54. The number of benzene rings is 2. The third-order valence-corrected chi connectivity index (χ3v) is 5.96. The van der Waals surface area contributed by atoms with Crippen LogP contribution in [0.15, 0.2) is 64.0 Å². The van der Waals surface area contributed by atoms with Crippen LogP contribution in [0.4, 0.5) is 5.69 Å². The smallest absolute Gasteiger partial charge is 0.286 e. The van der Waals surface area contributed by atoms with Crippen molar-refractivity contribution < 1.29 is 9.84 Å². The molecule has 0 saturated carbocycles. The number of sulfonamides is 1. The number of nitrogens with zero attached hydrogens (tertiary/aromatic N) is 2. The summed E-state index contributed by atoms with van der Waals surface area (Å²) in [5.41, 5.74) is 2.46. The maximum absolute atomic E-state index is 12.6. The fourth-order valence-electron chi connectivity index (χ4n) is 3.25. The first kappa shape index (κ1) is 20.1. The maximum atomic E-state index is 12.6. The molecule has 0 amide bonds. The number of hydrogen-bond donors (Lipinski definition) is 1. The molecule has 0 aliphatic carbocycles. The van der Waals surface area contributed by atoms with Crippen LogP contribution in [-0.4, -0.2) is 18.8 Å². The highest BCUT2D eigenvalue weighted by atomic mass is 32.2. The second-order valence-electron chi connectivity index (χ2n) is 6.97. The molecular formula is C22H29N3O2S.